The first-order chi connectivity index (χ1) is 27.0. The van der Waals surface area contributed by atoms with Crippen molar-refractivity contribution in [2.45, 2.75) is 107 Å². The van der Waals surface area contributed by atoms with E-state index < -0.39 is 20.2 Å². The summed E-state index contributed by atoms with van der Waals surface area (Å²) >= 11 is 0. The average molecular weight is 793 g/mol. The molecular formula is C44H48N4O6S2. The van der Waals surface area contributed by atoms with E-state index in [1.807, 2.05) is 12.1 Å². The Labute approximate surface area is 329 Å². The normalized spacial score (nSPS) is 34.2. The number of rotatable bonds is 6. The third-order valence-electron chi connectivity index (χ3n) is 13.0. The van der Waals surface area contributed by atoms with Gasteiger partial charge in [-0.15, -0.1) is 0 Å². The first-order valence-corrected chi connectivity index (χ1v) is 22.5. The average Bonchev–Trinajstić information content (AvgIpc) is 4.03. The van der Waals surface area contributed by atoms with Gasteiger partial charge in [-0.25, -0.2) is 0 Å². The molecule has 12 unspecified atom stereocenters. The number of hydrogen-bond donors (Lipinski definition) is 6. The summed E-state index contributed by atoms with van der Waals surface area (Å²) in [6.07, 6.45) is 13.0. The van der Waals surface area contributed by atoms with Gasteiger partial charge < -0.3 is 21.3 Å². The van der Waals surface area contributed by atoms with Crippen LogP contribution in [0.2, 0.25) is 0 Å². The van der Waals surface area contributed by atoms with Crippen LogP contribution in [0.1, 0.15) is 71.6 Å². The Bertz CT molecular complexity index is 2310. The summed E-state index contributed by atoms with van der Waals surface area (Å²) < 4.78 is 67.7. The van der Waals surface area contributed by atoms with Crippen molar-refractivity contribution in [2.24, 2.45) is 0 Å². The molecule has 5 aliphatic heterocycles. The molecule has 5 heterocycles. The van der Waals surface area contributed by atoms with Crippen LogP contribution in [-0.4, -0.2) is 74.3 Å². The maximum Gasteiger partial charge on any atom is 0.294 e. The lowest BCUT2D eigenvalue weighted by Crippen LogP contribution is -2.52. The Balaban J connectivity index is 1.14. The topological polar surface area (TPSA) is 157 Å². The van der Waals surface area contributed by atoms with Gasteiger partial charge in [-0.05, 0) is 72.2 Å². The minimum atomic E-state index is -4.37. The van der Waals surface area contributed by atoms with E-state index in [2.05, 4.69) is 106 Å². The third-order valence-corrected chi connectivity index (χ3v) is 14.8. The predicted octanol–water partition coefficient (Wildman–Crippen LogP) is 5.66. The molecule has 0 aliphatic carbocycles. The molecule has 0 amide bonds. The molecule has 0 saturated carbocycles. The van der Waals surface area contributed by atoms with Crippen molar-refractivity contribution in [1.29, 1.82) is 0 Å². The number of hydrogen-bond acceptors (Lipinski definition) is 8. The van der Waals surface area contributed by atoms with Gasteiger partial charge in [0.15, 0.2) is 0 Å². The van der Waals surface area contributed by atoms with E-state index in [1.165, 1.54) is 35.4 Å². The van der Waals surface area contributed by atoms with Gasteiger partial charge in [0.2, 0.25) is 0 Å². The van der Waals surface area contributed by atoms with Crippen molar-refractivity contribution in [3.8, 4) is 0 Å². The molecule has 6 N–H and O–H groups in total. The van der Waals surface area contributed by atoms with E-state index in [-0.39, 0.29) is 81.8 Å². The van der Waals surface area contributed by atoms with Crippen LogP contribution in [0.25, 0.3) is 0 Å². The maximum atomic E-state index is 12.0. The predicted molar refractivity (Wildman–Crippen MR) is 216 cm³/mol. The molecule has 12 atom stereocenters. The van der Waals surface area contributed by atoms with Gasteiger partial charge >= 0.3 is 0 Å². The molecule has 0 spiro atoms. The molecular weight excluding hydrogens is 745 g/mol. The highest BCUT2D eigenvalue weighted by atomic mass is 32.2. The zero-order chi connectivity index (χ0) is 38.6. The van der Waals surface area contributed by atoms with Gasteiger partial charge in [-0.3, -0.25) is 9.11 Å². The summed E-state index contributed by atoms with van der Waals surface area (Å²) in [4.78, 5) is -0.286. The minimum absolute atomic E-state index is 0.0329. The molecule has 10 nitrogen and oxygen atoms in total. The third kappa shape index (κ3) is 7.33. The second-order valence-corrected chi connectivity index (χ2v) is 19.0. The van der Waals surface area contributed by atoms with E-state index >= 15 is 0 Å². The molecule has 56 heavy (non-hydrogen) atoms. The second kappa shape index (κ2) is 15.1. The molecule has 5 aliphatic rings. The lowest BCUT2D eigenvalue weighted by Gasteiger charge is -2.38. The number of benzene rings is 4. The van der Waals surface area contributed by atoms with Crippen LogP contribution in [-0.2, 0) is 20.2 Å². The van der Waals surface area contributed by atoms with E-state index in [1.54, 1.807) is 12.1 Å². The van der Waals surface area contributed by atoms with Crippen molar-refractivity contribution in [1.82, 2.24) is 21.3 Å². The Morgan fingerprint density at radius 1 is 0.375 bits per heavy atom. The molecule has 4 aromatic carbocycles. The molecule has 292 valence electrons. The van der Waals surface area contributed by atoms with E-state index in [9.17, 15) is 25.9 Å². The van der Waals surface area contributed by atoms with E-state index in [4.69, 9.17) is 0 Å². The highest BCUT2D eigenvalue weighted by Crippen LogP contribution is 2.44. The van der Waals surface area contributed by atoms with Gasteiger partial charge in [0.05, 0.1) is 9.79 Å². The van der Waals surface area contributed by atoms with Crippen LogP contribution in [0, 0.1) is 0 Å². The van der Waals surface area contributed by atoms with Gasteiger partial charge in [0.25, 0.3) is 20.2 Å². The van der Waals surface area contributed by atoms with Crippen LogP contribution in [0.3, 0.4) is 0 Å². The van der Waals surface area contributed by atoms with Gasteiger partial charge in [0, 0.05) is 72.0 Å². The quantitative estimate of drug-likeness (QED) is 0.106. The fraction of sp³-hybridized carbons (Fsp3) is 0.364. The number of nitrogens with one attached hydrogen (secondary N) is 4. The Morgan fingerprint density at radius 2 is 0.679 bits per heavy atom. The molecule has 3 fully saturated rings. The van der Waals surface area contributed by atoms with Crippen LogP contribution < -0.4 is 21.3 Å². The zero-order valence-corrected chi connectivity index (χ0v) is 32.4. The highest BCUT2D eigenvalue weighted by Gasteiger charge is 2.47. The molecule has 0 aromatic heterocycles. The van der Waals surface area contributed by atoms with Gasteiger partial charge in [0.1, 0.15) is 0 Å². The maximum absolute atomic E-state index is 12.0. The van der Waals surface area contributed by atoms with Crippen molar-refractivity contribution in [3.63, 3.8) is 0 Å². The van der Waals surface area contributed by atoms with Crippen molar-refractivity contribution < 1.29 is 25.9 Å². The van der Waals surface area contributed by atoms with E-state index in [0.717, 1.165) is 36.8 Å². The van der Waals surface area contributed by atoms with Crippen molar-refractivity contribution in [2.75, 3.05) is 0 Å². The fourth-order valence-corrected chi connectivity index (χ4v) is 11.6. The minimum Gasteiger partial charge on any atom is -0.310 e. The molecule has 4 aromatic rings. The smallest absolute Gasteiger partial charge is 0.294 e. The Kier molecular flexibility index (Phi) is 10.1. The highest BCUT2D eigenvalue weighted by molar-refractivity contribution is 7.86. The molecule has 8 bridgehead atoms. The summed E-state index contributed by atoms with van der Waals surface area (Å²) in [5.74, 6) is 0.174. The fourth-order valence-electron chi connectivity index (χ4n) is 10.6. The van der Waals surface area contributed by atoms with Gasteiger partial charge in [-0.1, -0.05) is 109 Å². The Hall–Kier alpha value is -3.98. The zero-order valence-electron chi connectivity index (χ0n) is 30.8. The van der Waals surface area contributed by atoms with Crippen LogP contribution >= 0.6 is 0 Å². The van der Waals surface area contributed by atoms with E-state index in [0.29, 0.717) is 0 Å². The lowest BCUT2D eigenvalue weighted by molar-refractivity contribution is 0.316. The first-order valence-electron chi connectivity index (χ1n) is 19.7. The molecule has 0 radical (unpaired) electrons. The van der Waals surface area contributed by atoms with Crippen molar-refractivity contribution in [3.05, 3.63) is 156 Å². The van der Waals surface area contributed by atoms with Crippen LogP contribution in [0.15, 0.2) is 143 Å². The standard InChI is InChI=1S/C44H48N4O6S2/c49-55(50,51)31-15-11-29(12-16-31)43-37-23-21-35(46-37)41(27-7-3-1-4-8-27)33-19-20-34(45-33)42(28-9-5-2-6-10-28)36-22-24-38(47-36)44(40-26-25-39(43)48-40)30-13-17-32(18-14-30)56(52,53)54/h1-18,21,23,25-26,33-48H,19-20,22,24H2,(H,49,50,51)(H,52,53,54). The summed E-state index contributed by atoms with van der Waals surface area (Å²) in [5, 5.41) is 16.3. The molecule has 3 saturated heterocycles. The molecule has 12 heteroatoms. The summed E-state index contributed by atoms with van der Waals surface area (Å²) in [5.41, 5.74) is 4.49. The van der Waals surface area contributed by atoms with Gasteiger partial charge in [-0.2, -0.15) is 16.8 Å². The summed E-state index contributed by atoms with van der Waals surface area (Å²) in [7, 11) is -8.72. The SMILES string of the molecule is O=S(=O)(O)c1ccc(C2C3C=CC(N3)C(c3ccccc3)C3CCC(N3)C(c3ccccc3)C3CCC(N3)C(c3ccc(S(=O)(=O)O)cc3)C3C=CC2N3)cc1. The Morgan fingerprint density at radius 3 is 1.05 bits per heavy atom. The monoisotopic (exact) mass is 792 g/mol. The van der Waals surface area contributed by atoms with Crippen LogP contribution in [0.5, 0.6) is 0 Å². The second-order valence-electron chi connectivity index (χ2n) is 16.1. The lowest BCUT2D eigenvalue weighted by atomic mass is 9.83. The van der Waals surface area contributed by atoms with Crippen LogP contribution in [0.4, 0.5) is 0 Å². The summed E-state index contributed by atoms with van der Waals surface area (Å²) in [6.45, 7) is 0. The first kappa shape index (κ1) is 37.6. The molecule has 9 rings (SSSR count). The summed E-state index contributed by atoms with van der Waals surface area (Å²) in [6, 6.07) is 35.2. The van der Waals surface area contributed by atoms with Crippen molar-refractivity contribution >= 4 is 20.2 Å². The number of fused-ring (bicyclic) bond motifs is 8. The largest absolute Gasteiger partial charge is 0.310 e.